The molecule has 3 aromatic heterocycles. The molecule has 0 radical (unpaired) electrons. The fourth-order valence-corrected chi connectivity index (χ4v) is 6.16. The normalized spacial score (nSPS) is 14.4. The number of hydrazone groups is 1. The van der Waals surface area contributed by atoms with Crippen molar-refractivity contribution in [3.63, 3.8) is 0 Å². The van der Waals surface area contributed by atoms with Crippen LogP contribution in [0.3, 0.4) is 0 Å². The molecule has 0 saturated heterocycles. The highest BCUT2D eigenvalue weighted by Crippen LogP contribution is 2.35. The first-order chi connectivity index (χ1) is 21.4. The van der Waals surface area contributed by atoms with E-state index in [2.05, 4.69) is 20.6 Å². The van der Waals surface area contributed by atoms with Gasteiger partial charge in [-0.2, -0.15) is 5.10 Å². The predicted molar refractivity (Wildman–Crippen MR) is 160 cm³/mol. The Morgan fingerprint density at radius 1 is 1.09 bits per heavy atom. The molecule has 2 aromatic carbocycles. The first-order valence-electron chi connectivity index (χ1n) is 13.2. The molecule has 15 heteroatoms. The maximum Gasteiger partial charge on any atom is 0.287 e. The van der Waals surface area contributed by atoms with Gasteiger partial charge in [-0.25, -0.2) is 9.40 Å². The molecule has 0 aliphatic carbocycles. The van der Waals surface area contributed by atoms with Crippen molar-refractivity contribution in [2.75, 3.05) is 5.75 Å². The molecule has 1 aliphatic heterocycles. The van der Waals surface area contributed by atoms with Crippen molar-refractivity contribution in [1.29, 1.82) is 0 Å². The molecular weight excluding hydrogens is 609 g/mol. The molecule has 0 bridgehead atoms. The summed E-state index contributed by atoms with van der Waals surface area (Å²) in [6.45, 7) is -0.0364. The lowest BCUT2D eigenvalue weighted by Gasteiger charge is -2.22. The van der Waals surface area contributed by atoms with E-state index in [-0.39, 0.29) is 35.5 Å². The van der Waals surface area contributed by atoms with Gasteiger partial charge in [0.15, 0.2) is 16.7 Å². The van der Waals surface area contributed by atoms with Crippen LogP contribution in [0.1, 0.15) is 39.3 Å². The molecule has 0 spiro atoms. The van der Waals surface area contributed by atoms with E-state index in [1.165, 1.54) is 65.1 Å². The van der Waals surface area contributed by atoms with Gasteiger partial charge in [-0.1, -0.05) is 30.0 Å². The van der Waals surface area contributed by atoms with Crippen molar-refractivity contribution in [2.24, 2.45) is 5.10 Å². The summed E-state index contributed by atoms with van der Waals surface area (Å²) in [5.41, 5.74) is 1.92. The summed E-state index contributed by atoms with van der Waals surface area (Å²) in [6, 6.07) is 18.3. The largest absolute Gasteiger partial charge is 0.459 e. The Balaban J connectivity index is 1.25. The number of furan rings is 1. The number of nitrogens with one attached hydrogen (secondary N) is 1. The number of aromatic nitrogens is 3. The second-order valence-corrected chi connectivity index (χ2v) is 11.4. The molecule has 222 valence electrons. The second-order valence-electron chi connectivity index (χ2n) is 9.49. The minimum absolute atomic E-state index is 0.0364. The van der Waals surface area contributed by atoms with Gasteiger partial charge in [-0.3, -0.25) is 24.3 Å². The monoisotopic (exact) mass is 631 g/mol. The number of carbonyl (C=O) groups excluding carboxylic acids is 2. The number of thioether (sulfide) groups is 1. The molecule has 4 heterocycles. The Labute approximate surface area is 257 Å². The van der Waals surface area contributed by atoms with E-state index in [0.717, 1.165) is 27.9 Å². The van der Waals surface area contributed by atoms with Gasteiger partial charge < -0.3 is 9.73 Å². The van der Waals surface area contributed by atoms with Crippen molar-refractivity contribution in [2.45, 2.75) is 24.2 Å². The smallest absolute Gasteiger partial charge is 0.287 e. The number of hydrogen-bond acceptors (Lipinski definition) is 10. The van der Waals surface area contributed by atoms with Gasteiger partial charge in [-0.15, -0.1) is 21.5 Å². The lowest BCUT2D eigenvalue weighted by atomic mass is 10.0. The molecule has 1 N–H and O–H groups in total. The van der Waals surface area contributed by atoms with E-state index in [9.17, 15) is 24.1 Å². The van der Waals surface area contributed by atoms with Gasteiger partial charge >= 0.3 is 0 Å². The highest BCUT2D eigenvalue weighted by atomic mass is 32.2. The summed E-state index contributed by atoms with van der Waals surface area (Å²) in [7, 11) is 0. The molecular formula is C29H22FN7O5S2. The summed E-state index contributed by atoms with van der Waals surface area (Å²) < 4.78 is 20.4. The van der Waals surface area contributed by atoms with E-state index in [1.807, 2.05) is 17.5 Å². The van der Waals surface area contributed by atoms with E-state index in [4.69, 9.17) is 4.42 Å². The predicted octanol–water partition coefficient (Wildman–Crippen LogP) is 5.37. The Morgan fingerprint density at radius 3 is 2.57 bits per heavy atom. The van der Waals surface area contributed by atoms with Crippen molar-refractivity contribution in [3.8, 4) is 5.69 Å². The molecule has 5 aromatic rings. The summed E-state index contributed by atoms with van der Waals surface area (Å²) in [5, 5.41) is 30.7. The van der Waals surface area contributed by atoms with Crippen LogP contribution >= 0.6 is 23.1 Å². The molecule has 0 unspecified atom stereocenters. The summed E-state index contributed by atoms with van der Waals surface area (Å²) in [5.74, 6) is -0.753. The summed E-state index contributed by atoms with van der Waals surface area (Å²) in [4.78, 5) is 37.8. The topological polar surface area (TPSA) is 149 Å². The molecule has 1 aliphatic rings. The molecule has 44 heavy (non-hydrogen) atoms. The fraction of sp³-hybridized carbons (Fsp3) is 0.138. The number of nitro groups is 1. The number of benzene rings is 2. The van der Waals surface area contributed by atoms with Gasteiger partial charge in [0.25, 0.3) is 17.5 Å². The number of non-ortho nitro benzene ring substituents is 1. The van der Waals surface area contributed by atoms with Gasteiger partial charge in [0.1, 0.15) is 5.82 Å². The minimum Gasteiger partial charge on any atom is -0.459 e. The number of nitro benzene ring substituents is 1. The number of carbonyl (C=O) groups is 2. The second kappa shape index (κ2) is 12.6. The van der Waals surface area contributed by atoms with Gasteiger partial charge in [0, 0.05) is 24.2 Å². The van der Waals surface area contributed by atoms with Crippen LogP contribution in [-0.4, -0.2) is 48.0 Å². The Kier molecular flexibility index (Phi) is 8.29. The third-order valence-corrected chi connectivity index (χ3v) is 8.55. The average molecular weight is 632 g/mol. The van der Waals surface area contributed by atoms with Crippen molar-refractivity contribution in [1.82, 2.24) is 25.1 Å². The van der Waals surface area contributed by atoms with Gasteiger partial charge in [0.05, 0.1) is 40.1 Å². The Morgan fingerprint density at radius 2 is 1.89 bits per heavy atom. The zero-order valence-corrected chi connectivity index (χ0v) is 24.3. The molecule has 0 fully saturated rings. The van der Waals surface area contributed by atoms with E-state index in [0.29, 0.717) is 23.1 Å². The van der Waals surface area contributed by atoms with Crippen LogP contribution in [0.25, 0.3) is 5.69 Å². The number of halogens is 1. The first-order valence-corrected chi connectivity index (χ1v) is 15.1. The number of amides is 2. The quantitative estimate of drug-likeness (QED) is 0.123. The zero-order chi connectivity index (χ0) is 30.6. The molecule has 6 rings (SSSR count). The van der Waals surface area contributed by atoms with E-state index in [1.54, 1.807) is 22.8 Å². The molecule has 12 nitrogen and oxygen atoms in total. The number of rotatable bonds is 10. The van der Waals surface area contributed by atoms with Crippen LogP contribution in [0, 0.1) is 15.9 Å². The maximum absolute atomic E-state index is 13.7. The van der Waals surface area contributed by atoms with Gasteiger partial charge in [-0.05, 0) is 53.4 Å². The van der Waals surface area contributed by atoms with Crippen LogP contribution in [0.2, 0.25) is 0 Å². The Hall–Kier alpha value is -5.15. The van der Waals surface area contributed by atoms with Crippen LogP contribution in [-0.2, 0) is 11.3 Å². The molecule has 2 amide bonds. The number of hydrogen-bond donors (Lipinski definition) is 1. The lowest BCUT2D eigenvalue weighted by Crippen LogP contribution is -2.28. The van der Waals surface area contributed by atoms with Crippen molar-refractivity contribution in [3.05, 3.63) is 122 Å². The van der Waals surface area contributed by atoms with E-state index < -0.39 is 16.9 Å². The van der Waals surface area contributed by atoms with E-state index >= 15 is 0 Å². The van der Waals surface area contributed by atoms with Crippen LogP contribution in [0.4, 0.5) is 10.1 Å². The highest BCUT2D eigenvalue weighted by molar-refractivity contribution is 7.99. The summed E-state index contributed by atoms with van der Waals surface area (Å²) >= 11 is 2.63. The van der Waals surface area contributed by atoms with Crippen molar-refractivity contribution >= 4 is 46.3 Å². The van der Waals surface area contributed by atoms with Crippen LogP contribution in [0.15, 0.2) is 99.1 Å². The molecule has 1 atom stereocenters. The first kappa shape index (κ1) is 28.9. The SMILES string of the molecule is O=C(NCc1nnc(SCC(=O)N2N=C(c3cccs3)C[C@@H]2c2ccc(F)cc2)n1-c1ccc([N+](=O)[O-])cc1)c1ccco1. The Bertz CT molecular complexity index is 1820. The van der Waals surface area contributed by atoms with Gasteiger partial charge in [0.2, 0.25) is 0 Å². The fourth-order valence-electron chi connectivity index (χ4n) is 4.61. The van der Waals surface area contributed by atoms with Crippen molar-refractivity contribution < 1.29 is 23.3 Å². The minimum atomic E-state index is -0.507. The third-order valence-electron chi connectivity index (χ3n) is 6.72. The average Bonchev–Trinajstić information content (AvgIpc) is 3.85. The zero-order valence-electron chi connectivity index (χ0n) is 22.7. The maximum atomic E-state index is 13.7. The standard InChI is InChI=1S/C29H22FN7O5S2/c30-19-7-5-18(6-8-19)23-15-22(25-4-2-14-43-25)34-36(23)27(38)17-44-29-33-32-26(16-31-28(39)24-3-1-13-42-24)35(29)20-9-11-21(12-10-20)37(40)41/h1-14,23H,15-17H2,(H,31,39)/t23-/m1/s1. The number of thiophene rings is 1. The molecule has 0 saturated carbocycles. The van der Waals surface area contributed by atoms with Crippen LogP contribution in [0.5, 0.6) is 0 Å². The lowest BCUT2D eigenvalue weighted by molar-refractivity contribution is -0.384. The third kappa shape index (κ3) is 6.14. The summed E-state index contributed by atoms with van der Waals surface area (Å²) in [6.07, 6.45) is 1.86. The highest BCUT2D eigenvalue weighted by Gasteiger charge is 2.34. The number of nitrogens with zero attached hydrogens (tertiary/aromatic N) is 6. The van der Waals surface area contributed by atoms with Crippen LogP contribution < -0.4 is 5.32 Å².